The van der Waals surface area contributed by atoms with Crippen molar-refractivity contribution < 1.29 is 56.2 Å². The van der Waals surface area contributed by atoms with Gasteiger partial charge in [0.05, 0.1) is 19.8 Å². The van der Waals surface area contributed by atoms with Crippen LogP contribution in [0.5, 0.6) is 0 Å². The Morgan fingerprint density at radius 2 is 1.03 bits per heavy atom. The molecule has 1 aliphatic heterocycles. The lowest BCUT2D eigenvalue weighted by Gasteiger charge is -2.41. The molecular formula is C51H96O12S. The smallest absolute Gasteiger partial charge is 0.397 e. The first-order chi connectivity index (χ1) is 31.1. The number of hydrogen-bond donors (Lipinski definition) is 4. The molecule has 1 fully saturated rings. The summed E-state index contributed by atoms with van der Waals surface area (Å²) in [5.74, 6) is -0.398. The highest BCUT2D eigenvalue weighted by Gasteiger charge is 2.48. The molecule has 4 N–H and O–H groups in total. The van der Waals surface area contributed by atoms with Crippen LogP contribution in [0.4, 0.5) is 0 Å². The number of allylic oxidation sites excluding steroid dienone is 4. The van der Waals surface area contributed by atoms with Crippen molar-refractivity contribution in [1.29, 1.82) is 0 Å². The molecule has 0 aliphatic carbocycles. The second-order valence-corrected chi connectivity index (χ2v) is 19.2. The summed E-state index contributed by atoms with van der Waals surface area (Å²) in [7, 11) is -5.06. The van der Waals surface area contributed by atoms with E-state index in [1.165, 1.54) is 148 Å². The minimum Gasteiger partial charge on any atom is -0.457 e. The van der Waals surface area contributed by atoms with Crippen molar-refractivity contribution in [2.24, 2.45) is 0 Å². The number of esters is 1. The molecule has 12 nitrogen and oxygen atoms in total. The second-order valence-electron chi connectivity index (χ2n) is 18.1. The van der Waals surface area contributed by atoms with E-state index in [9.17, 15) is 33.1 Å². The summed E-state index contributed by atoms with van der Waals surface area (Å²) in [6.07, 6.45) is 40.7. The molecule has 1 rings (SSSR count). The van der Waals surface area contributed by atoms with E-state index in [0.29, 0.717) is 13.0 Å². The van der Waals surface area contributed by atoms with E-state index < -0.39 is 59.8 Å². The Morgan fingerprint density at radius 3 is 1.52 bits per heavy atom. The average molecular weight is 933 g/mol. The zero-order valence-electron chi connectivity index (χ0n) is 40.6. The second kappa shape index (κ2) is 42.9. The summed E-state index contributed by atoms with van der Waals surface area (Å²) in [6, 6.07) is 0. The molecule has 1 heterocycles. The zero-order valence-corrected chi connectivity index (χ0v) is 41.4. The fourth-order valence-corrected chi connectivity index (χ4v) is 8.62. The van der Waals surface area contributed by atoms with Gasteiger partial charge in [0.25, 0.3) is 0 Å². The fourth-order valence-electron chi connectivity index (χ4n) is 8.12. The highest BCUT2D eigenvalue weighted by molar-refractivity contribution is 7.80. The van der Waals surface area contributed by atoms with E-state index in [4.69, 9.17) is 18.9 Å². The Kier molecular flexibility index (Phi) is 40.6. The van der Waals surface area contributed by atoms with Crippen molar-refractivity contribution in [3.05, 3.63) is 24.3 Å². The van der Waals surface area contributed by atoms with E-state index in [0.717, 1.165) is 57.8 Å². The number of aliphatic hydroxyl groups excluding tert-OH is 3. The Balaban J connectivity index is 2.34. The van der Waals surface area contributed by atoms with Crippen LogP contribution < -0.4 is 0 Å². The third-order valence-corrected chi connectivity index (χ3v) is 12.5. The molecule has 1 aliphatic rings. The van der Waals surface area contributed by atoms with Crippen molar-refractivity contribution in [2.45, 2.75) is 269 Å². The van der Waals surface area contributed by atoms with Crippen molar-refractivity contribution in [1.82, 2.24) is 0 Å². The van der Waals surface area contributed by atoms with Gasteiger partial charge in [-0.2, -0.15) is 8.42 Å². The molecule has 0 spiro atoms. The van der Waals surface area contributed by atoms with Gasteiger partial charge >= 0.3 is 16.4 Å². The lowest BCUT2D eigenvalue weighted by Crippen LogP contribution is -2.60. The van der Waals surface area contributed by atoms with Crippen LogP contribution in [-0.2, 0) is 38.3 Å². The van der Waals surface area contributed by atoms with E-state index in [2.05, 4.69) is 42.3 Å². The molecular weight excluding hydrogens is 837 g/mol. The molecule has 1 saturated heterocycles. The van der Waals surface area contributed by atoms with Gasteiger partial charge in [0.2, 0.25) is 0 Å². The van der Waals surface area contributed by atoms with Crippen LogP contribution in [0, 0.1) is 0 Å². The van der Waals surface area contributed by atoms with Crippen LogP contribution >= 0.6 is 0 Å². The highest BCUT2D eigenvalue weighted by Crippen LogP contribution is 2.26. The highest BCUT2D eigenvalue weighted by atomic mass is 32.3. The maximum Gasteiger partial charge on any atom is 0.397 e. The maximum absolute atomic E-state index is 12.9. The minimum atomic E-state index is -5.06. The molecule has 0 amide bonds. The van der Waals surface area contributed by atoms with Gasteiger partial charge in [-0.3, -0.25) is 9.35 Å². The Hall–Kier alpha value is -1.42. The van der Waals surface area contributed by atoms with Crippen molar-refractivity contribution in [3.8, 4) is 0 Å². The Morgan fingerprint density at radius 1 is 0.594 bits per heavy atom. The Labute approximate surface area is 391 Å². The van der Waals surface area contributed by atoms with Gasteiger partial charge in [-0.25, -0.2) is 4.18 Å². The third-order valence-electron chi connectivity index (χ3n) is 12.1. The SMILES string of the molecule is CCCCC/C=C\C/C=C\CCCCCCCCOCC(COC1OC(CO)C(O)C(OS(=O)(=O)O)C1O)OC(=O)CCCCCCCCCCCCCCCCCCCCCCC. The van der Waals surface area contributed by atoms with E-state index >= 15 is 0 Å². The van der Waals surface area contributed by atoms with Gasteiger partial charge in [-0.05, 0) is 44.9 Å². The van der Waals surface area contributed by atoms with E-state index in [1.807, 2.05) is 0 Å². The number of carbonyl (C=O) groups is 1. The van der Waals surface area contributed by atoms with Crippen molar-refractivity contribution in [3.63, 3.8) is 0 Å². The van der Waals surface area contributed by atoms with Crippen LogP contribution in [0.15, 0.2) is 24.3 Å². The van der Waals surface area contributed by atoms with Gasteiger partial charge in [0.15, 0.2) is 6.29 Å². The molecule has 0 aromatic heterocycles. The first-order valence-corrected chi connectivity index (χ1v) is 27.5. The van der Waals surface area contributed by atoms with Gasteiger partial charge in [0, 0.05) is 13.0 Å². The number of aliphatic hydroxyl groups is 3. The van der Waals surface area contributed by atoms with Crippen LogP contribution in [0.3, 0.4) is 0 Å². The van der Waals surface area contributed by atoms with Crippen molar-refractivity contribution >= 4 is 16.4 Å². The number of unbranched alkanes of at least 4 members (excludes halogenated alkanes) is 29. The molecule has 6 atom stereocenters. The standard InChI is InChI=1S/C51H96O12S/c1-3-5-7-9-11-13-15-17-19-21-22-23-24-25-26-28-30-32-34-36-38-40-47(53)61-45(44-60-51-49(55)50(63-64(56,57)58)48(54)46(42-52)62-51)43-59-41-39-37-35-33-31-29-27-20-18-16-14-12-10-8-6-4-2/h12,14,18,20,45-46,48-52,54-55H,3-11,13,15-17,19,21-44H2,1-2H3,(H,56,57,58)/b14-12-,20-18-. The number of ether oxygens (including phenoxy) is 4. The molecule has 0 saturated carbocycles. The van der Waals surface area contributed by atoms with Gasteiger partial charge in [-0.15, -0.1) is 0 Å². The quantitative estimate of drug-likeness (QED) is 0.0197. The zero-order chi connectivity index (χ0) is 46.8. The summed E-state index contributed by atoms with van der Waals surface area (Å²) in [4.78, 5) is 12.9. The Bertz CT molecular complexity index is 1210. The maximum atomic E-state index is 12.9. The predicted octanol–water partition coefficient (Wildman–Crippen LogP) is 12.0. The van der Waals surface area contributed by atoms with E-state index in [1.54, 1.807) is 0 Å². The topological polar surface area (TPSA) is 178 Å². The minimum absolute atomic E-state index is 0.0329. The first-order valence-electron chi connectivity index (χ1n) is 26.1. The average Bonchev–Trinajstić information content (AvgIpc) is 3.27. The molecule has 64 heavy (non-hydrogen) atoms. The van der Waals surface area contributed by atoms with E-state index in [-0.39, 0.29) is 19.6 Å². The molecule has 13 heteroatoms. The molecule has 378 valence electrons. The predicted molar refractivity (Wildman–Crippen MR) is 257 cm³/mol. The molecule has 0 aromatic carbocycles. The van der Waals surface area contributed by atoms with Crippen molar-refractivity contribution in [2.75, 3.05) is 26.4 Å². The van der Waals surface area contributed by atoms with Gasteiger partial charge < -0.3 is 34.3 Å². The largest absolute Gasteiger partial charge is 0.457 e. The lowest BCUT2D eigenvalue weighted by molar-refractivity contribution is -0.301. The molecule has 0 radical (unpaired) electrons. The van der Waals surface area contributed by atoms with Gasteiger partial charge in [0.1, 0.15) is 30.5 Å². The summed E-state index contributed by atoms with van der Waals surface area (Å²) < 4.78 is 59.2. The normalized spacial score (nSPS) is 19.9. The third kappa shape index (κ3) is 35.7. The summed E-state index contributed by atoms with van der Waals surface area (Å²) >= 11 is 0. The number of carbonyl (C=O) groups excluding carboxylic acids is 1. The summed E-state index contributed by atoms with van der Waals surface area (Å²) in [5, 5.41) is 30.7. The molecule has 0 bridgehead atoms. The summed E-state index contributed by atoms with van der Waals surface area (Å²) in [5.41, 5.74) is 0. The first kappa shape index (κ1) is 60.6. The molecule has 6 unspecified atom stereocenters. The fraction of sp³-hybridized carbons (Fsp3) is 0.902. The van der Waals surface area contributed by atoms with Crippen LogP contribution in [0.1, 0.15) is 232 Å². The number of hydrogen-bond acceptors (Lipinski definition) is 11. The lowest BCUT2D eigenvalue weighted by atomic mass is 9.99. The van der Waals surface area contributed by atoms with Crippen LogP contribution in [-0.4, -0.2) is 97.5 Å². The number of rotatable bonds is 46. The monoisotopic (exact) mass is 933 g/mol. The summed E-state index contributed by atoms with van der Waals surface area (Å²) in [6.45, 7) is 3.98. The van der Waals surface area contributed by atoms with Gasteiger partial charge in [-0.1, -0.05) is 205 Å². The van der Waals surface area contributed by atoms with Crippen LogP contribution in [0.2, 0.25) is 0 Å². The van der Waals surface area contributed by atoms with Crippen LogP contribution in [0.25, 0.3) is 0 Å². The molecule has 0 aromatic rings.